The predicted octanol–water partition coefficient (Wildman–Crippen LogP) is 2.35. The van der Waals surface area contributed by atoms with Gasteiger partial charge in [0.15, 0.2) is 0 Å². The molecule has 1 N–H and O–H groups in total. The zero-order valence-corrected chi connectivity index (χ0v) is 17.4. The second kappa shape index (κ2) is 7.59. The van der Waals surface area contributed by atoms with Crippen molar-refractivity contribution in [3.05, 3.63) is 46.8 Å². The lowest BCUT2D eigenvalue weighted by Crippen LogP contribution is -2.50. The highest BCUT2D eigenvalue weighted by atomic mass is 32.2. The number of rotatable bonds is 4. The minimum atomic E-state index is -3.37. The molecule has 2 aromatic rings. The van der Waals surface area contributed by atoms with Crippen molar-refractivity contribution < 1.29 is 17.9 Å². The maximum Gasteiger partial charge on any atom is 0.237 e. The molecule has 1 aromatic carbocycles. The van der Waals surface area contributed by atoms with Gasteiger partial charge in [0, 0.05) is 29.3 Å². The van der Waals surface area contributed by atoms with E-state index in [0.717, 1.165) is 25.5 Å². The zero-order chi connectivity index (χ0) is 19.8. The van der Waals surface area contributed by atoms with E-state index in [4.69, 9.17) is 4.74 Å². The molecule has 1 fully saturated rings. The Bertz CT molecular complexity index is 961. The summed E-state index contributed by atoms with van der Waals surface area (Å²) in [6.45, 7) is 1.65. The average Bonchev–Trinajstić information content (AvgIpc) is 3.13. The van der Waals surface area contributed by atoms with Crippen LogP contribution in [0.5, 0.6) is 0 Å². The average molecular weight is 421 g/mol. The van der Waals surface area contributed by atoms with E-state index in [1.165, 1.54) is 20.9 Å². The second-order valence-electron chi connectivity index (χ2n) is 7.38. The van der Waals surface area contributed by atoms with Crippen molar-refractivity contribution in [3.63, 3.8) is 0 Å². The van der Waals surface area contributed by atoms with Gasteiger partial charge in [-0.1, -0.05) is 30.3 Å². The highest BCUT2D eigenvalue weighted by Crippen LogP contribution is 2.46. The van der Waals surface area contributed by atoms with E-state index in [0.29, 0.717) is 19.7 Å². The van der Waals surface area contributed by atoms with Gasteiger partial charge in [0.1, 0.15) is 0 Å². The number of amides is 1. The van der Waals surface area contributed by atoms with Crippen LogP contribution in [0.1, 0.15) is 23.3 Å². The molecule has 2 aliphatic heterocycles. The number of sulfonamides is 1. The lowest BCUT2D eigenvalue weighted by atomic mass is 9.82. The summed E-state index contributed by atoms with van der Waals surface area (Å²) < 4.78 is 31.0. The number of thiophene rings is 1. The summed E-state index contributed by atoms with van der Waals surface area (Å²) in [6, 6.07) is 12.6. The molecule has 1 aromatic heterocycles. The number of nitrogens with one attached hydrogen (secondary N) is 1. The van der Waals surface area contributed by atoms with Crippen LogP contribution in [0.25, 0.3) is 10.4 Å². The number of likely N-dealkylation sites (tertiary alicyclic amines) is 1. The summed E-state index contributed by atoms with van der Waals surface area (Å²) in [5, 5.41) is 0. The topological polar surface area (TPSA) is 75.7 Å². The van der Waals surface area contributed by atoms with Crippen molar-refractivity contribution >= 4 is 27.3 Å². The van der Waals surface area contributed by atoms with Crippen LogP contribution >= 0.6 is 11.3 Å². The Balaban J connectivity index is 1.49. The fraction of sp³-hybridized carbons (Fsp3) is 0.450. The number of fused-ring (bicyclic) bond motifs is 2. The second-order valence-corrected chi connectivity index (χ2v) is 10.4. The number of ether oxygens (including phenoxy) is 1. The maximum atomic E-state index is 12.3. The molecule has 4 rings (SSSR count). The normalized spacial score (nSPS) is 18.8. The number of piperidine rings is 1. The molecule has 2 aliphatic rings. The number of benzene rings is 1. The van der Waals surface area contributed by atoms with Crippen LogP contribution in [0.2, 0.25) is 0 Å². The molecule has 8 heteroatoms. The standard InChI is InChI=1S/C20H24N2O4S2/c1-28(24,25)21-14-19(23)22-10-8-20(9-11-22)16-13-18(15-5-3-2-4-6-15)27-17(16)7-12-26-20/h2-6,13,21H,7-12,14H2,1H3. The van der Waals surface area contributed by atoms with Gasteiger partial charge in [0.05, 0.1) is 25.0 Å². The first-order valence-electron chi connectivity index (χ1n) is 9.41. The number of carbonyl (C=O) groups excluding carboxylic acids is 1. The summed E-state index contributed by atoms with van der Waals surface area (Å²) in [7, 11) is -3.37. The van der Waals surface area contributed by atoms with Gasteiger partial charge in [-0.15, -0.1) is 11.3 Å². The molecule has 0 bridgehead atoms. The van der Waals surface area contributed by atoms with Gasteiger partial charge in [-0.25, -0.2) is 13.1 Å². The molecule has 150 valence electrons. The van der Waals surface area contributed by atoms with Crippen LogP contribution in [0.15, 0.2) is 36.4 Å². The highest BCUT2D eigenvalue weighted by Gasteiger charge is 2.42. The van der Waals surface area contributed by atoms with Crippen LogP contribution in [0.4, 0.5) is 0 Å². The largest absolute Gasteiger partial charge is 0.370 e. The SMILES string of the molecule is CS(=O)(=O)NCC(=O)N1CCC2(CC1)OCCc1sc(-c3ccccc3)cc12. The lowest BCUT2D eigenvalue weighted by Gasteiger charge is -2.44. The number of hydrogen-bond donors (Lipinski definition) is 1. The highest BCUT2D eigenvalue weighted by molar-refractivity contribution is 7.88. The van der Waals surface area contributed by atoms with E-state index >= 15 is 0 Å². The molecule has 0 atom stereocenters. The first-order chi connectivity index (χ1) is 13.4. The zero-order valence-electron chi connectivity index (χ0n) is 15.8. The van der Waals surface area contributed by atoms with Gasteiger partial charge < -0.3 is 9.64 Å². The van der Waals surface area contributed by atoms with Gasteiger partial charge in [-0.05, 0) is 30.0 Å². The van der Waals surface area contributed by atoms with Crippen molar-refractivity contribution in [3.8, 4) is 10.4 Å². The monoisotopic (exact) mass is 420 g/mol. The minimum absolute atomic E-state index is 0.186. The molecule has 6 nitrogen and oxygen atoms in total. The van der Waals surface area contributed by atoms with E-state index in [1.807, 2.05) is 17.4 Å². The summed E-state index contributed by atoms with van der Waals surface area (Å²) in [5.74, 6) is -0.188. The molecule has 1 amide bonds. The van der Waals surface area contributed by atoms with Crippen molar-refractivity contribution in [2.45, 2.75) is 24.9 Å². The molecular weight excluding hydrogens is 396 g/mol. The van der Waals surface area contributed by atoms with Gasteiger partial charge in [0.25, 0.3) is 0 Å². The third kappa shape index (κ3) is 4.00. The van der Waals surface area contributed by atoms with Gasteiger partial charge in [-0.2, -0.15) is 0 Å². The fourth-order valence-electron chi connectivity index (χ4n) is 4.00. The third-order valence-corrected chi connectivity index (χ3v) is 7.39. The quantitative estimate of drug-likeness (QED) is 0.824. The Morgan fingerprint density at radius 1 is 1.25 bits per heavy atom. The molecule has 0 saturated carbocycles. The summed E-state index contributed by atoms with van der Waals surface area (Å²) in [4.78, 5) is 16.7. The molecule has 3 heterocycles. The van der Waals surface area contributed by atoms with Gasteiger partial charge in [-0.3, -0.25) is 4.79 Å². The van der Waals surface area contributed by atoms with Gasteiger partial charge in [0.2, 0.25) is 15.9 Å². The van der Waals surface area contributed by atoms with Crippen LogP contribution in [0, 0.1) is 0 Å². The molecule has 0 unspecified atom stereocenters. The molecule has 28 heavy (non-hydrogen) atoms. The number of carbonyl (C=O) groups is 1. The Hall–Kier alpha value is -1.74. The Morgan fingerprint density at radius 2 is 1.96 bits per heavy atom. The van der Waals surface area contributed by atoms with E-state index in [2.05, 4.69) is 35.1 Å². The first-order valence-corrected chi connectivity index (χ1v) is 12.1. The Kier molecular flexibility index (Phi) is 5.30. The van der Waals surface area contributed by atoms with Gasteiger partial charge >= 0.3 is 0 Å². The van der Waals surface area contributed by atoms with E-state index in [-0.39, 0.29) is 18.1 Å². The molecular formula is C20H24N2O4S2. The molecule has 0 aliphatic carbocycles. The lowest BCUT2D eigenvalue weighted by molar-refractivity contribution is -0.139. The van der Waals surface area contributed by atoms with E-state index in [1.54, 1.807) is 4.90 Å². The number of nitrogens with zero attached hydrogens (tertiary/aromatic N) is 1. The van der Waals surface area contributed by atoms with E-state index in [9.17, 15) is 13.2 Å². The van der Waals surface area contributed by atoms with Crippen molar-refractivity contribution in [2.75, 3.05) is 32.5 Å². The Labute approximate surface area is 169 Å². The Morgan fingerprint density at radius 3 is 2.64 bits per heavy atom. The van der Waals surface area contributed by atoms with Crippen molar-refractivity contribution in [2.24, 2.45) is 0 Å². The summed E-state index contributed by atoms with van der Waals surface area (Å²) >= 11 is 1.84. The fourth-order valence-corrected chi connectivity index (χ4v) is 5.62. The summed E-state index contributed by atoms with van der Waals surface area (Å²) in [5.41, 5.74) is 2.15. The first kappa shape index (κ1) is 19.6. The molecule has 0 radical (unpaired) electrons. The van der Waals surface area contributed by atoms with Crippen LogP contribution in [0.3, 0.4) is 0 Å². The van der Waals surface area contributed by atoms with Crippen molar-refractivity contribution in [1.29, 1.82) is 0 Å². The smallest absolute Gasteiger partial charge is 0.237 e. The van der Waals surface area contributed by atoms with Crippen LogP contribution in [-0.2, 0) is 31.6 Å². The van der Waals surface area contributed by atoms with E-state index < -0.39 is 10.0 Å². The number of hydrogen-bond acceptors (Lipinski definition) is 5. The summed E-state index contributed by atoms with van der Waals surface area (Å²) in [6.07, 6.45) is 3.45. The molecule has 1 saturated heterocycles. The minimum Gasteiger partial charge on any atom is -0.370 e. The third-order valence-electron chi connectivity index (χ3n) is 5.48. The molecule has 1 spiro atoms. The predicted molar refractivity (Wildman–Crippen MR) is 110 cm³/mol. The van der Waals surface area contributed by atoms with Crippen LogP contribution < -0.4 is 4.72 Å². The van der Waals surface area contributed by atoms with Crippen LogP contribution in [-0.4, -0.2) is 51.7 Å². The van der Waals surface area contributed by atoms with Crippen molar-refractivity contribution in [1.82, 2.24) is 9.62 Å². The maximum absolute atomic E-state index is 12.3.